The van der Waals surface area contributed by atoms with Crippen LogP contribution in [0.4, 0.5) is 22.0 Å². The minimum absolute atomic E-state index is 0.0190. The first-order chi connectivity index (χ1) is 19.3. The summed E-state index contributed by atoms with van der Waals surface area (Å²) in [6.45, 7) is -2.79. The average molecular weight is 603 g/mol. The highest BCUT2D eigenvalue weighted by Gasteiger charge is 2.48. The van der Waals surface area contributed by atoms with Gasteiger partial charge in [0.05, 0.1) is 16.7 Å². The van der Waals surface area contributed by atoms with Gasteiger partial charge in [0.2, 0.25) is 5.91 Å². The molecule has 2 aromatic rings. The summed E-state index contributed by atoms with van der Waals surface area (Å²) in [6, 6.07) is 9.22. The molecule has 41 heavy (non-hydrogen) atoms. The van der Waals surface area contributed by atoms with Crippen molar-refractivity contribution in [3.8, 4) is 11.5 Å². The van der Waals surface area contributed by atoms with Crippen LogP contribution in [0.5, 0.6) is 11.5 Å². The van der Waals surface area contributed by atoms with Gasteiger partial charge >= 0.3 is 12.8 Å². The lowest BCUT2D eigenvalue weighted by molar-refractivity contribution is -0.173. The maximum Gasteiger partial charge on any atom is 0.404 e. The molecular formula is C29H32ClF5N2O4. The molecule has 0 aromatic heterocycles. The maximum atomic E-state index is 13.9. The summed E-state index contributed by atoms with van der Waals surface area (Å²) in [7, 11) is 3.30. The molecule has 2 aromatic carbocycles. The highest BCUT2D eigenvalue weighted by molar-refractivity contribution is 6.34. The summed E-state index contributed by atoms with van der Waals surface area (Å²) in [5.74, 6) is -2.87. The number of likely N-dealkylation sites (tertiary alicyclic amines) is 1. The van der Waals surface area contributed by atoms with E-state index in [0.717, 1.165) is 43.5 Å². The molecule has 1 aliphatic heterocycles. The number of alkyl halides is 5. The second-order valence-corrected chi connectivity index (χ2v) is 11.3. The van der Waals surface area contributed by atoms with Crippen LogP contribution in [-0.4, -0.2) is 67.7 Å². The number of hydrogen-bond donors (Lipinski definition) is 0. The predicted molar refractivity (Wildman–Crippen MR) is 142 cm³/mol. The van der Waals surface area contributed by atoms with Crippen LogP contribution in [0.15, 0.2) is 42.5 Å². The van der Waals surface area contributed by atoms with Gasteiger partial charge in [0.1, 0.15) is 11.5 Å². The third kappa shape index (κ3) is 7.81. The molecule has 1 atom stereocenters. The van der Waals surface area contributed by atoms with Gasteiger partial charge in [0.15, 0.2) is 5.92 Å². The Morgan fingerprint density at radius 2 is 1.71 bits per heavy atom. The summed E-state index contributed by atoms with van der Waals surface area (Å²) < 4.78 is 77.1. The van der Waals surface area contributed by atoms with E-state index < -0.39 is 35.9 Å². The van der Waals surface area contributed by atoms with Gasteiger partial charge in [-0.3, -0.25) is 9.59 Å². The van der Waals surface area contributed by atoms with Crippen molar-refractivity contribution in [1.29, 1.82) is 0 Å². The normalized spacial score (nSPS) is 20.4. The third-order valence-electron chi connectivity index (χ3n) is 7.66. The Morgan fingerprint density at radius 1 is 1.02 bits per heavy atom. The van der Waals surface area contributed by atoms with Crippen LogP contribution in [0.2, 0.25) is 5.02 Å². The fraction of sp³-hybridized carbons (Fsp3) is 0.517. The Labute approximate surface area is 240 Å². The Kier molecular flexibility index (Phi) is 9.66. The lowest BCUT2D eigenvalue weighted by Crippen LogP contribution is -2.45. The molecule has 2 aliphatic rings. The molecule has 1 aliphatic carbocycles. The number of benzene rings is 2. The molecule has 0 N–H and O–H groups in total. The third-order valence-corrected chi connectivity index (χ3v) is 7.97. The summed E-state index contributed by atoms with van der Waals surface area (Å²) in [6.07, 6.45) is -1.12. The molecule has 1 unspecified atom stereocenters. The van der Waals surface area contributed by atoms with E-state index in [4.69, 9.17) is 16.3 Å². The first-order valence-electron chi connectivity index (χ1n) is 13.4. The van der Waals surface area contributed by atoms with Gasteiger partial charge in [-0.1, -0.05) is 23.7 Å². The van der Waals surface area contributed by atoms with Gasteiger partial charge in [0.25, 0.3) is 5.91 Å². The number of hydrogen-bond acceptors (Lipinski definition) is 4. The maximum absolute atomic E-state index is 13.9. The highest BCUT2D eigenvalue weighted by atomic mass is 35.5. The number of amides is 2. The van der Waals surface area contributed by atoms with Crippen LogP contribution in [-0.2, 0) is 4.79 Å². The van der Waals surface area contributed by atoms with Gasteiger partial charge in [-0.15, -0.1) is 0 Å². The second-order valence-electron chi connectivity index (χ2n) is 10.8. The monoisotopic (exact) mass is 602 g/mol. The number of rotatable bonds is 9. The van der Waals surface area contributed by atoms with Crippen molar-refractivity contribution in [1.82, 2.24) is 9.80 Å². The van der Waals surface area contributed by atoms with Gasteiger partial charge in [0, 0.05) is 27.2 Å². The summed E-state index contributed by atoms with van der Waals surface area (Å²) in [5.41, 5.74) is -0.0281. The van der Waals surface area contributed by atoms with Gasteiger partial charge in [-0.2, -0.15) is 22.0 Å². The Bertz CT molecular complexity index is 1230. The van der Waals surface area contributed by atoms with E-state index >= 15 is 0 Å². The smallest absolute Gasteiger partial charge is 0.404 e. The molecule has 1 saturated carbocycles. The molecule has 2 amide bonds. The Hall–Kier alpha value is -3.08. The van der Waals surface area contributed by atoms with E-state index in [1.54, 1.807) is 32.3 Å². The number of nitrogens with zero attached hydrogens (tertiary/aromatic N) is 2. The summed E-state index contributed by atoms with van der Waals surface area (Å²) >= 11 is 6.26. The van der Waals surface area contributed by atoms with Crippen LogP contribution in [0, 0.1) is 11.8 Å². The minimum atomic E-state index is -4.88. The van der Waals surface area contributed by atoms with Crippen molar-refractivity contribution in [2.45, 2.75) is 56.9 Å². The molecule has 2 fully saturated rings. The molecule has 0 spiro atoms. The van der Waals surface area contributed by atoms with Crippen LogP contribution < -0.4 is 9.47 Å². The van der Waals surface area contributed by atoms with Crippen molar-refractivity contribution in [3.63, 3.8) is 0 Å². The fourth-order valence-corrected chi connectivity index (χ4v) is 5.78. The number of piperidine rings is 1. The average Bonchev–Trinajstić information content (AvgIpc) is 2.86. The molecule has 1 saturated heterocycles. The zero-order chi connectivity index (χ0) is 29.9. The highest BCUT2D eigenvalue weighted by Crippen LogP contribution is 2.41. The van der Waals surface area contributed by atoms with Gasteiger partial charge < -0.3 is 19.3 Å². The van der Waals surface area contributed by atoms with Crippen molar-refractivity contribution in [2.24, 2.45) is 11.8 Å². The number of carbonyl (C=O) groups excluding carboxylic acids is 2. The molecule has 12 heteroatoms. The van der Waals surface area contributed by atoms with E-state index in [0.29, 0.717) is 35.1 Å². The van der Waals surface area contributed by atoms with Crippen LogP contribution in [0.3, 0.4) is 0 Å². The van der Waals surface area contributed by atoms with E-state index in [-0.39, 0.29) is 31.0 Å². The van der Waals surface area contributed by atoms with Gasteiger partial charge in [-0.25, -0.2) is 0 Å². The van der Waals surface area contributed by atoms with Crippen LogP contribution in [0.25, 0.3) is 0 Å². The molecular weight excluding hydrogens is 571 g/mol. The first kappa shape index (κ1) is 30.9. The van der Waals surface area contributed by atoms with Crippen molar-refractivity contribution in [3.05, 3.63) is 58.6 Å². The topological polar surface area (TPSA) is 59.1 Å². The van der Waals surface area contributed by atoms with Crippen LogP contribution >= 0.6 is 11.6 Å². The minimum Gasteiger partial charge on any atom is -0.490 e. The number of halogens is 6. The summed E-state index contributed by atoms with van der Waals surface area (Å²) in [4.78, 5) is 27.8. The zero-order valence-corrected chi connectivity index (χ0v) is 23.4. The van der Waals surface area contributed by atoms with Crippen molar-refractivity contribution >= 4 is 23.4 Å². The first-order valence-corrected chi connectivity index (χ1v) is 13.8. The lowest BCUT2D eigenvalue weighted by atomic mass is 9.74. The molecule has 0 radical (unpaired) electrons. The van der Waals surface area contributed by atoms with Crippen LogP contribution in [0.1, 0.15) is 53.9 Å². The zero-order valence-electron chi connectivity index (χ0n) is 22.7. The number of carbonyl (C=O) groups is 2. The Morgan fingerprint density at radius 3 is 2.29 bits per heavy atom. The van der Waals surface area contributed by atoms with Gasteiger partial charge in [-0.05, 0) is 79.8 Å². The van der Waals surface area contributed by atoms with Crippen molar-refractivity contribution in [2.75, 3.05) is 27.2 Å². The SMILES string of the molecule is CN(C)C(=O)c1ccc(OC2CC(CC3CCN(C(=O)C(c4cccc(OC(F)F)c4)C(F)(F)F)CC3)C2)cc1Cl. The van der Waals surface area contributed by atoms with E-state index in [1.807, 2.05) is 0 Å². The largest absolute Gasteiger partial charge is 0.490 e. The summed E-state index contributed by atoms with van der Waals surface area (Å²) in [5, 5.41) is 0.320. The van der Waals surface area contributed by atoms with E-state index in [9.17, 15) is 31.5 Å². The predicted octanol–water partition coefficient (Wildman–Crippen LogP) is 6.78. The molecule has 224 valence electrons. The number of ether oxygens (including phenoxy) is 2. The molecule has 6 nitrogen and oxygen atoms in total. The van der Waals surface area contributed by atoms with E-state index in [1.165, 1.54) is 9.80 Å². The second kappa shape index (κ2) is 12.8. The lowest BCUT2D eigenvalue weighted by Gasteiger charge is -2.40. The molecule has 0 bridgehead atoms. The van der Waals surface area contributed by atoms with Crippen molar-refractivity contribution < 1.29 is 41.0 Å². The Balaban J connectivity index is 1.26. The quantitative estimate of drug-likeness (QED) is 0.297. The molecule has 1 heterocycles. The standard InChI is InChI=1S/C29H32ClF5N2O4/c1-36(2)26(38)23-7-6-21(16-24(23)30)40-22-13-18(14-22)12-17-8-10-37(11-9-17)27(39)25(29(33,34)35)19-4-3-5-20(15-19)41-28(31)32/h3-7,15-18,22,25,28H,8-14H2,1-2H3. The molecule has 4 rings (SSSR count). The van der Waals surface area contributed by atoms with E-state index in [2.05, 4.69) is 4.74 Å². The fourth-order valence-electron chi connectivity index (χ4n) is 5.52.